The van der Waals surface area contributed by atoms with Crippen molar-refractivity contribution in [3.05, 3.63) is 93.8 Å². The Labute approximate surface area is 262 Å². The maximum absolute atomic E-state index is 13.4. The molecule has 11 nitrogen and oxygen atoms in total. The summed E-state index contributed by atoms with van der Waals surface area (Å²) in [6, 6.07) is 21.8. The smallest absolute Gasteiger partial charge is 0.317 e. The average Bonchev–Trinajstić information content (AvgIpc) is 3.45. The summed E-state index contributed by atoms with van der Waals surface area (Å²) >= 11 is 0. The van der Waals surface area contributed by atoms with Crippen molar-refractivity contribution in [3.63, 3.8) is 0 Å². The van der Waals surface area contributed by atoms with Gasteiger partial charge in [0.1, 0.15) is 12.5 Å². The number of morpholine rings is 1. The van der Waals surface area contributed by atoms with Gasteiger partial charge in [0.05, 0.1) is 24.5 Å². The Balaban J connectivity index is 1.31. The number of rotatable bonds is 10. The minimum atomic E-state index is -1.30. The van der Waals surface area contributed by atoms with Crippen LogP contribution in [0, 0.1) is 0 Å². The fraction of sp³-hybridized carbons (Fsp3) is 0.364. The van der Waals surface area contributed by atoms with E-state index in [4.69, 9.17) is 18.9 Å². The molecule has 45 heavy (non-hydrogen) atoms. The monoisotopic (exact) mass is 626 g/mol. The molecule has 2 aliphatic heterocycles. The summed E-state index contributed by atoms with van der Waals surface area (Å²) in [4.78, 5) is 33.5. The molecular formula is C33H38N6O5Si. The van der Waals surface area contributed by atoms with Crippen LogP contribution in [0.25, 0.3) is 11.5 Å². The minimum Gasteiger partial charge on any atom is -0.403 e. The number of hydrogen-bond acceptors (Lipinski definition) is 10. The normalized spacial score (nSPS) is 17.0. The molecule has 0 unspecified atom stereocenters. The van der Waals surface area contributed by atoms with Crippen molar-refractivity contribution in [2.75, 3.05) is 43.1 Å². The molecule has 0 radical (unpaired) electrons. The van der Waals surface area contributed by atoms with Crippen LogP contribution < -0.4 is 15.8 Å². The highest BCUT2D eigenvalue weighted by Crippen LogP contribution is 2.31. The maximum Gasteiger partial charge on any atom is 0.317 e. The van der Waals surface area contributed by atoms with Crippen molar-refractivity contribution < 1.29 is 18.7 Å². The third-order valence-corrected chi connectivity index (χ3v) is 9.55. The molecule has 4 aromatic rings. The number of pyridine rings is 1. The molecule has 1 N–H and O–H groups in total. The van der Waals surface area contributed by atoms with Gasteiger partial charge in [-0.1, -0.05) is 79.3 Å². The lowest BCUT2D eigenvalue weighted by atomic mass is 9.96. The zero-order valence-electron chi connectivity index (χ0n) is 25.9. The van der Waals surface area contributed by atoms with E-state index in [1.807, 2.05) is 54.6 Å². The number of hydrogen-bond donors (Lipinski definition) is 1. The number of anilines is 2. The van der Waals surface area contributed by atoms with Crippen LogP contribution in [0.1, 0.15) is 16.7 Å². The van der Waals surface area contributed by atoms with E-state index in [9.17, 15) is 9.59 Å². The van der Waals surface area contributed by atoms with Gasteiger partial charge in [-0.2, -0.15) is 0 Å². The van der Waals surface area contributed by atoms with Gasteiger partial charge in [-0.05, 0) is 17.7 Å². The predicted octanol–water partition coefficient (Wildman–Crippen LogP) is 4.45. The van der Waals surface area contributed by atoms with Crippen molar-refractivity contribution in [1.29, 1.82) is 0 Å². The lowest BCUT2D eigenvalue weighted by Gasteiger charge is -2.32. The van der Waals surface area contributed by atoms with Crippen molar-refractivity contribution in [3.8, 4) is 11.5 Å². The molecular weight excluding hydrogens is 588 g/mol. The summed E-state index contributed by atoms with van der Waals surface area (Å²) in [5.74, 6) is 0.733. The Morgan fingerprint density at radius 3 is 2.47 bits per heavy atom. The van der Waals surface area contributed by atoms with Gasteiger partial charge >= 0.3 is 6.01 Å². The first-order valence-electron chi connectivity index (χ1n) is 15.3. The third-order valence-electron chi connectivity index (χ3n) is 7.85. The number of aromatic nitrogens is 3. The summed E-state index contributed by atoms with van der Waals surface area (Å²) < 4.78 is 19.3. The van der Waals surface area contributed by atoms with E-state index in [1.54, 1.807) is 10.6 Å². The Kier molecular flexibility index (Phi) is 9.06. The van der Waals surface area contributed by atoms with Crippen LogP contribution in [0.5, 0.6) is 0 Å². The van der Waals surface area contributed by atoms with E-state index in [0.717, 1.165) is 22.7 Å². The van der Waals surface area contributed by atoms with Gasteiger partial charge < -0.3 is 24.1 Å². The Bertz CT molecular complexity index is 1740. The molecule has 6 rings (SSSR count). The van der Waals surface area contributed by atoms with Crippen molar-refractivity contribution in [1.82, 2.24) is 14.8 Å². The van der Waals surface area contributed by atoms with Gasteiger partial charge in [-0.3, -0.25) is 19.1 Å². The summed E-state index contributed by atoms with van der Waals surface area (Å²) in [6.07, 6.45) is -0.730. The lowest BCUT2D eigenvalue weighted by molar-refractivity contribution is -0.119. The number of benzene rings is 2. The molecule has 12 heteroatoms. The van der Waals surface area contributed by atoms with Gasteiger partial charge in [0.2, 0.25) is 0 Å². The molecule has 0 bridgehead atoms. The van der Waals surface area contributed by atoms with E-state index >= 15 is 0 Å². The molecule has 1 saturated heterocycles. The van der Waals surface area contributed by atoms with Gasteiger partial charge in [0, 0.05) is 51.4 Å². The van der Waals surface area contributed by atoms with Crippen LogP contribution >= 0.6 is 0 Å². The molecule has 0 aliphatic carbocycles. The second-order valence-corrected chi connectivity index (χ2v) is 18.0. The molecule has 0 saturated carbocycles. The van der Waals surface area contributed by atoms with Crippen molar-refractivity contribution in [2.45, 2.75) is 45.0 Å². The number of carbonyl (C=O) groups excluding carboxylic acids is 1. The van der Waals surface area contributed by atoms with E-state index in [-0.39, 0.29) is 36.4 Å². The number of ketones is 1. The van der Waals surface area contributed by atoms with Gasteiger partial charge in [0.25, 0.3) is 11.4 Å². The quantitative estimate of drug-likeness (QED) is 0.201. The zero-order valence-corrected chi connectivity index (χ0v) is 26.9. The number of aliphatic imine (C=N–C) groups is 1. The number of nitrogens with zero attached hydrogens (tertiary/aromatic N) is 5. The van der Waals surface area contributed by atoms with Gasteiger partial charge in [-0.25, -0.2) is 0 Å². The maximum atomic E-state index is 13.4. The first-order valence-corrected chi connectivity index (χ1v) is 19.0. The van der Waals surface area contributed by atoms with E-state index in [2.05, 4.69) is 40.1 Å². The van der Waals surface area contributed by atoms with E-state index < -0.39 is 14.2 Å². The molecule has 2 aromatic carbocycles. The average molecular weight is 627 g/mol. The highest BCUT2D eigenvalue weighted by Gasteiger charge is 2.29. The molecule has 1 atom stereocenters. The number of fused-ring (bicyclic) bond motifs is 1. The Hall–Kier alpha value is -4.39. The predicted molar refractivity (Wildman–Crippen MR) is 176 cm³/mol. The topological polar surface area (TPSA) is 124 Å². The van der Waals surface area contributed by atoms with Crippen LogP contribution in [-0.2, 0) is 27.4 Å². The second kappa shape index (κ2) is 13.3. The van der Waals surface area contributed by atoms with Crippen LogP contribution in [0.2, 0.25) is 25.7 Å². The summed E-state index contributed by atoms with van der Waals surface area (Å²) in [7, 11) is -1.30. The van der Waals surface area contributed by atoms with Gasteiger partial charge in [-0.15, -0.1) is 5.10 Å². The number of ether oxygens (including phenoxy) is 2. The Morgan fingerprint density at radius 2 is 1.69 bits per heavy atom. The van der Waals surface area contributed by atoms with Crippen LogP contribution in [0.3, 0.4) is 0 Å². The van der Waals surface area contributed by atoms with Crippen LogP contribution in [0.4, 0.5) is 11.8 Å². The number of Topliss-reactive ketones (excluding diaryl/α,β-unsaturated/α-hetero) is 1. The first kappa shape index (κ1) is 30.6. The summed E-state index contributed by atoms with van der Waals surface area (Å²) in [6.45, 7) is 9.81. The lowest BCUT2D eigenvalue weighted by Crippen LogP contribution is -2.40. The molecule has 0 spiro atoms. The fourth-order valence-electron chi connectivity index (χ4n) is 5.42. The zero-order chi connectivity index (χ0) is 31.4. The standard InChI is InChI=1S/C33H38N6O5Si/c1-45(2,3)20-19-43-22-39-28(41)14-13-26(32(39)38-15-17-42-18-16-38)31-36-37-33(44-31)35-30-27(40)21-24-11-7-8-12-25(24)29(34-30)23-9-5-4-6-10-23/h4-14,30H,15-22H2,1-3H3,(H,35,37)/t30-/m1/s1. The minimum absolute atomic E-state index is 0.0579. The summed E-state index contributed by atoms with van der Waals surface area (Å²) in [5, 5.41) is 11.6. The van der Waals surface area contributed by atoms with Gasteiger partial charge in [0.15, 0.2) is 11.9 Å². The molecule has 1 fully saturated rings. The summed E-state index contributed by atoms with van der Waals surface area (Å²) in [5.41, 5.74) is 3.85. The Morgan fingerprint density at radius 1 is 0.933 bits per heavy atom. The van der Waals surface area contributed by atoms with Crippen molar-refractivity contribution >= 4 is 31.4 Å². The molecule has 0 amide bonds. The van der Waals surface area contributed by atoms with Crippen LogP contribution in [0.15, 0.2) is 80.9 Å². The first-order chi connectivity index (χ1) is 21.8. The SMILES string of the molecule is C[Si](C)(C)CCOCn1c(N2CCOCC2)c(-c2nnc(N[C@H]3N=C(c4ccccc4)c4ccccc4CC3=O)o2)ccc1=O. The number of nitrogens with one attached hydrogen (secondary N) is 1. The highest BCUT2D eigenvalue weighted by atomic mass is 28.3. The molecule has 2 aromatic heterocycles. The largest absolute Gasteiger partial charge is 0.403 e. The molecule has 234 valence electrons. The van der Waals surface area contributed by atoms with E-state index in [1.165, 1.54) is 6.07 Å². The highest BCUT2D eigenvalue weighted by molar-refractivity contribution is 6.76. The number of carbonyl (C=O) groups is 1. The molecule has 2 aliphatic rings. The fourth-order valence-corrected chi connectivity index (χ4v) is 6.17. The second-order valence-electron chi connectivity index (χ2n) is 12.4. The molecule has 4 heterocycles. The van der Waals surface area contributed by atoms with E-state index in [0.29, 0.717) is 50.0 Å². The third kappa shape index (κ3) is 7.13. The van der Waals surface area contributed by atoms with Crippen molar-refractivity contribution in [2.24, 2.45) is 4.99 Å². The van der Waals surface area contributed by atoms with Crippen LogP contribution in [-0.4, -0.2) is 73.4 Å².